The number of anilines is 2. The van der Waals surface area contributed by atoms with Gasteiger partial charge in [-0.1, -0.05) is 13.8 Å². The molecule has 3 aromatic rings. The summed E-state index contributed by atoms with van der Waals surface area (Å²) in [5, 5.41) is 0.690. The van der Waals surface area contributed by atoms with Gasteiger partial charge in [0.15, 0.2) is 5.82 Å². The fourth-order valence-corrected chi connectivity index (χ4v) is 8.03. The van der Waals surface area contributed by atoms with Crippen LogP contribution < -0.4 is 9.71 Å². The molecule has 3 aliphatic rings. The first-order valence-electron chi connectivity index (χ1n) is 16.9. The van der Waals surface area contributed by atoms with Gasteiger partial charge in [-0.15, -0.1) is 0 Å². The highest BCUT2D eigenvalue weighted by atomic mass is 19.1. The highest BCUT2D eigenvalue weighted by Gasteiger charge is 2.47. The zero-order chi connectivity index (χ0) is 33.4. The van der Waals surface area contributed by atoms with E-state index in [1.54, 1.807) is 4.81 Å². The van der Waals surface area contributed by atoms with Crippen LogP contribution in [0.1, 0.15) is 102 Å². The molecular formula is C36H48BFN6O2. The molecule has 2 fully saturated rings. The summed E-state index contributed by atoms with van der Waals surface area (Å²) >= 11 is 0. The highest BCUT2D eigenvalue weighted by Crippen LogP contribution is 2.50. The Labute approximate surface area is 274 Å². The molecule has 2 radical (unpaired) electrons. The van der Waals surface area contributed by atoms with E-state index in [2.05, 4.69) is 38.7 Å². The van der Waals surface area contributed by atoms with Crippen molar-refractivity contribution in [1.29, 1.82) is 0 Å². The zero-order valence-electron chi connectivity index (χ0n) is 29.2. The lowest BCUT2D eigenvalue weighted by molar-refractivity contribution is -0.00358. The van der Waals surface area contributed by atoms with Gasteiger partial charge in [-0.25, -0.2) is 24.1 Å². The molecule has 4 heterocycles. The molecule has 244 valence electrons. The molecule has 8 nitrogen and oxygen atoms in total. The van der Waals surface area contributed by atoms with Crippen molar-refractivity contribution in [3.8, 4) is 11.3 Å². The normalized spacial score (nSPS) is 22.9. The lowest BCUT2D eigenvalue weighted by Crippen LogP contribution is -2.66. The number of hydrogen-bond acceptors (Lipinski definition) is 7. The Morgan fingerprint density at radius 2 is 1.85 bits per heavy atom. The molecule has 1 unspecified atom stereocenters. The maximum atomic E-state index is 17.3. The Hall–Kier alpha value is -3.43. The van der Waals surface area contributed by atoms with Crippen LogP contribution in [0.4, 0.5) is 20.7 Å². The Bertz CT molecular complexity index is 1700. The van der Waals surface area contributed by atoms with Crippen molar-refractivity contribution in [3.05, 3.63) is 40.1 Å². The molecule has 0 N–H and O–H groups in total. The zero-order valence-corrected chi connectivity index (χ0v) is 29.2. The van der Waals surface area contributed by atoms with Crippen LogP contribution in [-0.2, 0) is 17.6 Å². The first-order chi connectivity index (χ1) is 21.6. The minimum atomic E-state index is -0.601. The van der Waals surface area contributed by atoms with Crippen LogP contribution in [0.25, 0.3) is 22.2 Å². The van der Waals surface area contributed by atoms with Crippen LogP contribution in [-0.4, -0.2) is 71.2 Å². The van der Waals surface area contributed by atoms with E-state index < -0.39 is 11.4 Å². The van der Waals surface area contributed by atoms with Gasteiger partial charge in [-0.2, -0.15) is 0 Å². The van der Waals surface area contributed by atoms with Gasteiger partial charge < -0.3 is 14.4 Å². The number of aromatic nitrogens is 3. The molecule has 1 aliphatic carbocycles. The third-order valence-electron chi connectivity index (χ3n) is 9.97. The molecule has 10 heteroatoms. The van der Waals surface area contributed by atoms with Crippen molar-refractivity contribution >= 4 is 36.5 Å². The summed E-state index contributed by atoms with van der Waals surface area (Å²) in [4.78, 5) is 34.5. The SMILES string of the molecule is [B]N(C)c1cc(C)c(C2CC2)c(-c2nc3c4c(nc(CCC)nc4c2F)N2C[C@@H](C)N(C(=O)OC(C)(C)C)[C@@H](C)C2[C@@H](C)C3)c1C. The Kier molecular flexibility index (Phi) is 8.25. The molecule has 0 bridgehead atoms. The third-order valence-corrected chi connectivity index (χ3v) is 9.97. The van der Waals surface area contributed by atoms with E-state index in [4.69, 9.17) is 27.7 Å². The molecule has 0 spiro atoms. The molecule has 4 atom stereocenters. The number of carbonyl (C=O) groups is 1. The molecular weight excluding hydrogens is 578 g/mol. The quantitative estimate of drug-likeness (QED) is 0.278. The maximum Gasteiger partial charge on any atom is 0.410 e. The van der Waals surface area contributed by atoms with E-state index in [1.807, 2.05) is 46.6 Å². The first-order valence-corrected chi connectivity index (χ1v) is 16.9. The van der Waals surface area contributed by atoms with E-state index in [-0.39, 0.29) is 30.1 Å². The van der Waals surface area contributed by atoms with Crippen LogP contribution in [0.15, 0.2) is 6.07 Å². The number of halogens is 1. The van der Waals surface area contributed by atoms with Gasteiger partial charge in [0.1, 0.15) is 28.5 Å². The average molecular weight is 627 g/mol. The lowest BCUT2D eigenvalue weighted by Gasteiger charge is -2.51. The molecule has 1 aromatic carbocycles. The second-order valence-electron chi connectivity index (χ2n) is 15.0. The molecule has 1 amide bonds. The molecule has 1 saturated heterocycles. The standard InChI is InChI=1S/C36H48BFN6O2/c1-11-12-26-40-32-29-24(39-31(30(32)38)28-21(5)25(42(10)37)16-18(2)27(28)23-13-14-23)15-19(3)33-22(6)44(35(45)46-36(7,8)9)20(4)17-43(33)34(29)41-26/h16,19-20,22-23,33H,11-15,17H2,1-10H3/t19-,20+,22-,33?/m0/s1. The van der Waals surface area contributed by atoms with Gasteiger partial charge in [-0.3, -0.25) is 4.90 Å². The average Bonchev–Trinajstić information content (AvgIpc) is 3.79. The van der Waals surface area contributed by atoms with Crippen molar-refractivity contribution in [3.63, 3.8) is 0 Å². The summed E-state index contributed by atoms with van der Waals surface area (Å²) in [5.74, 6) is 1.41. The number of benzene rings is 1. The van der Waals surface area contributed by atoms with Crippen molar-refractivity contribution in [2.24, 2.45) is 5.92 Å². The third kappa shape index (κ3) is 5.49. The number of ether oxygens (including phenoxy) is 1. The molecule has 1 saturated carbocycles. The summed E-state index contributed by atoms with van der Waals surface area (Å²) in [6, 6.07) is 1.72. The highest BCUT2D eigenvalue weighted by molar-refractivity contribution is 6.18. The van der Waals surface area contributed by atoms with Crippen molar-refractivity contribution in [2.45, 2.75) is 124 Å². The van der Waals surface area contributed by atoms with E-state index in [1.165, 1.54) is 5.56 Å². The van der Waals surface area contributed by atoms with Gasteiger partial charge in [0.2, 0.25) is 7.98 Å². The van der Waals surface area contributed by atoms with Crippen molar-refractivity contribution < 1.29 is 13.9 Å². The summed E-state index contributed by atoms with van der Waals surface area (Å²) in [6.07, 6.45) is 3.93. The lowest BCUT2D eigenvalue weighted by atomic mass is 9.87. The van der Waals surface area contributed by atoms with Crippen LogP contribution in [0, 0.1) is 25.6 Å². The van der Waals surface area contributed by atoms with Gasteiger partial charge in [0.25, 0.3) is 0 Å². The fourth-order valence-electron chi connectivity index (χ4n) is 8.03. The van der Waals surface area contributed by atoms with E-state index >= 15 is 4.39 Å². The van der Waals surface area contributed by atoms with Crippen LogP contribution >= 0.6 is 0 Å². The number of aryl methyl sites for hydroxylation is 2. The smallest absolute Gasteiger partial charge is 0.410 e. The summed E-state index contributed by atoms with van der Waals surface area (Å²) in [6.45, 7) is 18.8. The number of amides is 1. The van der Waals surface area contributed by atoms with Gasteiger partial charge in [0, 0.05) is 24.2 Å². The first kappa shape index (κ1) is 32.5. The van der Waals surface area contributed by atoms with E-state index in [0.29, 0.717) is 47.7 Å². The minimum absolute atomic E-state index is 0.0720. The summed E-state index contributed by atoms with van der Waals surface area (Å²) in [5.41, 5.74) is 5.78. The number of rotatable bonds is 5. The molecule has 46 heavy (non-hydrogen) atoms. The monoisotopic (exact) mass is 626 g/mol. The topological polar surface area (TPSA) is 74.7 Å². The minimum Gasteiger partial charge on any atom is -0.444 e. The predicted molar refractivity (Wildman–Crippen MR) is 183 cm³/mol. The van der Waals surface area contributed by atoms with Crippen LogP contribution in [0.5, 0.6) is 0 Å². The Morgan fingerprint density at radius 3 is 2.46 bits per heavy atom. The predicted octanol–water partition coefficient (Wildman–Crippen LogP) is 7.19. The Balaban J connectivity index is 1.58. The largest absolute Gasteiger partial charge is 0.444 e. The van der Waals surface area contributed by atoms with E-state index in [9.17, 15) is 4.79 Å². The number of hydrogen-bond donors (Lipinski definition) is 0. The molecule has 2 aromatic heterocycles. The van der Waals surface area contributed by atoms with Gasteiger partial charge >= 0.3 is 6.09 Å². The van der Waals surface area contributed by atoms with Gasteiger partial charge in [-0.05, 0) is 116 Å². The van der Waals surface area contributed by atoms with Crippen LogP contribution in [0.3, 0.4) is 0 Å². The molecule has 6 rings (SSSR count). The second-order valence-corrected chi connectivity index (χ2v) is 15.0. The number of pyridine rings is 1. The second kappa shape index (κ2) is 11.7. The molecule has 2 aliphatic heterocycles. The number of carbonyl (C=O) groups excluding carboxylic acids is 1. The maximum absolute atomic E-state index is 17.3. The van der Waals surface area contributed by atoms with E-state index in [0.717, 1.165) is 53.2 Å². The fraction of sp³-hybridized carbons (Fsp3) is 0.611. The number of fused-ring (bicyclic) bond motifs is 2. The number of piperazine rings is 1. The number of nitrogens with zero attached hydrogens (tertiary/aromatic N) is 6. The van der Waals surface area contributed by atoms with Crippen molar-refractivity contribution in [2.75, 3.05) is 23.3 Å². The summed E-state index contributed by atoms with van der Waals surface area (Å²) < 4.78 is 23.1. The Morgan fingerprint density at radius 1 is 1.15 bits per heavy atom. The van der Waals surface area contributed by atoms with Crippen LogP contribution in [0.2, 0.25) is 0 Å². The summed E-state index contributed by atoms with van der Waals surface area (Å²) in [7, 11) is 8.11. The van der Waals surface area contributed by atoms with Gasteiger partial charge in [0.05, 0.1) is 29.2 Å². The van der Waals surface area contributed by atoms with Crippen molar-refractivity contribution in [1.82, 2.24) is 19.9 Å².